The van der Waals surface area contributed by atoms with E-state index in [9.17, 15) is 9.90 Å². The summed E-state index contributed by atoms with van der Waals surface area (Å²) in [6.45, 7) is 6.15. The highest BCUT2D eigenvalue weighted by atomic mass is 16.3. The van der Waals surface area contributed by atoms with E-state index in [2.05, 4.69) is 17.1 Å². The molecule has 2 N–H and O–H groups in total. The van der Waals surface area contributed by atoms with E-state index in [1.807, 2.05) is 0 Å². The summed E-state index contributed by atoms with van der Waals surface area (Å²) in [6, 6.07) is 6.44. The molecule has 2 rings (SSSR count). The first-order valence-corrected chi connectivity index (χ1v) is 6.48. The molecule has 1 aliphatic rings. The van der Waals surface area contributed by atoms with E-state index >= 15 is 0 Å². The highest BCUT2D eigenvalue weighted by molar-refractivity contribution is 5.94. The molecule has 1 saturated heterocycles. The molecule has 18 heavy (non-hydrogen) atoms. The number of carbonyl (C=O) groups excluding carboxylic acids is 1. The summed E-state index contributed by atoms with van der Waals surface area (Å²) in [5, 5.41) is 12.3. The largest absolute Gasteiger partial charge is 0.508 e. The minimum absolute atomic E-state index is 0.110. The highest BCUT2D eigenvalue weighted by Crippen LogP contribution is 2.15. The van der Waals surface area contributed by atoms with Crippen molar-refractivity contribution in [1.82, 2.24) is 10.2 Å². The van der Waals surface area contributed by atoms with Crippen molar-refractivity contribution < 1.29 is 9.90 Å². The molecule has 4 nitrogen and oxygen atoms in total. The zero-order chi connectivity index (χ0) is 13.0. The summed E-state index contributed by atoms with van der Waals surface area (Å²) >= 11 is 0. The average molecular weight is 248 g/mol. The van der Waals surface area contributed by atoms with Gasteiger partial charge in [0, 0.05) is 18.7 Å². The van der Waals surface area contributed by atoms with Crippen molar-refractivity contribution in [3.05, 3.63) is 29.8 Å². The topological polar surface area (TPSA) is 52.6 Å². The lowest BCUT2D eigenvalue weighted by molar-refractivity contribution is 0.0947. The van der Waals surface area contributed by atoms with Crippen LogP contribution >= 0.6 is 0 Å². The summed E-state index contributed by atoms with van der Waals surface area (Å²) < 4.78 is 0. The van der Waals surface area contributed by atoms with Gasteiger partial charge in [0.05, 0.1) is 0 Å². The minimum Gasteiger partial charge on any atom is -0.508 e. The molecule has 1 atom stereocenters. The van der Waals surface area contributed by atoms with E-state index in [1.165, 1.54) is 6.07 Å². The van der Waals surface area contributed by atoms with Crippen molar-refractivity contribution in [3.63, 3.8) is 0 Å². The Morgan fingerprint density at radius 3 is 3.06 bits per heavy atom. The Hall–Kier alpha value is -1.55. The summed E-state index contributed by atoms with van der Waals surface area (Å²) in [5.41, 5.74) is 0.514. The molecule has 0 aromatic heterocycles. The Morgan fingerprint density at radius 1 is 1.56 bits per heavy atom. The van der Waals surface area contributed by atoms with Crippen LogP contribution in [0.25, 0.3) is 0 Å². The van der Waals surface area contributed by atoms with Crippen molar-refractivity contribution in [1.29, 1.82) is 0 Å². The van der Waals surface area contributed by atoms with Crippen LogP contribution in [0.5, 0.6) is 5.75 Å². The van der Waals surface area contributed by atoms with E-state index < -0.39 is 0 Å². The number of rotatable bonds is 4. The SMILES string of the molecule is CCN1CCC(CNC(=O)c2cccc(O)c2)C1. The second-order valence-corrected chi connectivity index (χ2v) is 4.81. The van der Waals surface area contributed by atoms with Gasteiger partial charge >= 0.3 is 0 Å². The minimum atomic E-state index is -0.110. The standard InChI is InChI=1S/C14H20N2O2/c1-2-16-7-6-11(10-16)9-15-14(18)12-4-3-5-13(17)8-12/h3-5,8,11,17H,2,6-7,9-10H2,1H3,(H,15,18). The van der Waals surface area contributed by atoms with Crippen LogP contribution in [0.2, 0.25) is 0 Å². The lowest BCUT2D eigenvalue weighted by Gasteiger charge is -2.13. The molecule has 1 amide bonds. The molecule has 1 fully saturated rings. The molecular weight excluding hydrogens is 228 g/mol. The van der Waals surface area contributed by atoms with E-state index in [1.54, 1.807) is 18.2 Å². The van der Waals surface area contributed by atoms with Crippen molar-refractivity contribution in [2.45, 2.75) is 13.3 Å². The van der Waals surface area contributed by atoms with Crippen LogP contribution in [0.4, 0.5) is 0 Å². The number of nitrogens with zero attached hydrogens (tertiary/aromatic N) is 1. The first-order chi connectivity index (χ1) is 8.69. The van der Waals surface area contributed by atoms with Crippen molar-refractivity contribution >= 4 is 5.91 Å². The molecule has 1 aliphatic heterocycles. The number of nitrogens with one attached hydrogen (secondary N) is 1. The molecule has 1 aromatic rings. The Labute approximate surface area is 108 Å². The number of hydrogen-bond acceptors (Lipinski definition) is 3. The summed E-state index contributed by atoms with van der Waals surface area (Å²) in [7, 11) is 0. The van der Waals surface area contributed by atoms with Gasteiger partial charge in [-0.3, -0.25) is 4.79 Å². The van der Waals surface area contributed by atoms with E-state index in [0.717, 1.165) is 26.1 Å². The molecule has 4 heteroatoms. The lowest BCUT2D eigenvalue weighted by atomic mass is 10.1. The number of amides is 1. The summed E-state index contributed by atoms with van der Waals surface area (Å²) in [4.78, 5) is 14.3. The molecule has 0 spiro atoms. The van der Waals surface area contributed by atoms with Gasteiger partial charge in [-0.25, -0.2) is 0 Å². The quantitative estimate of drug-likeness (QED) is 0.848. The second kappa shape index (κ2) is 5.87. The predicted octanol–water partition coefficient (Wildman–Crippen LogP) is 1.46. The number of hydrogen-bond donors (Lipinski definition) is 2. The summed E-state index contributed by atoms with van der Waals surface area (Å²) in [5.74, 6) is 0.563. The molecule has 1 unspecified atom stereocenters. The van der Waals surface area contributed by atoms with Crippen molar-refractivity contribution in [3.8, 4) is 5.75 Å². The Balaban J connectivity index is 1.82. The average Bonchev–Trinajstić information content (AvgIpc) is 2.84. The first kappa shape index (κ1) is 12.9. The molecule has 1 heterocycles. The van der Waals surface area contributed by atoms with Crippen molar-refractivity contribution in [2.24, 2.45) is 5.92 Å². The van der Waals surface area contributed by atoms with Gasteiger partial charge in [0.1, 0.15) is 5.75 Å². The van der Waals surface area contributed by atoms with E-state index in [4.69, 9.17) is 0 Å². The van der Waals surface area contributed by atoms with Gasteiger partial charge in [0.2, 0.25) is 0 Å². The van der Waals surface area contributed by atoms with Crippen LogP contribution in [-0.2, 0) is 0 Å². The molecule has 98 valence electrons. The second-order valence-electron chi connectivity index (χ2n) is 4.81. The monoisotopic (exact) mass is 248 g/mol. The van der Waals surface area contributed by atoms with Gasteiger partial charge in [-0.1, -0.05) is 13.0 Å². The fourth-order valence-corrected chi connectivity index (χ4v) is 2.35. The number of likely N-dealkylation sites (tertiary alicyclic amines) is 1. The normalized spacial score (nSPS) is 19.9. The fourth-order valence-electron chi connectivity index (χ4n) is 2.35. The Morgan fingerprint density at radius 2 is 2.39 bits per heavy atom. The number of phenolic OH excluding ortho intramolecular Hbond substituents is 1. The van der Waals surface area contributed by atoms with Gasteiger partial charge in [0.25, 0.3) is 5.91 Å². The van der Waals surface area contributed by atoms with Gasteiger partial charge < -0.3 is 15.3 Å². The number of carbonyl (C=O) groups is 1. The third kappa shape index (κ3) is 3.23. The zero-order valence-corrected chi connectivity index (χ0v) is 10.7. The fraction of sp³-hybridized carbons (Fsp3) is 0.500. The molecule has 0 bridgehead atoms. The van der Waals surface area contributed by atoms with Gasteiger partial charge in [0.15, 0.2) is 0 Å². The Bertz CT molecular complexity index is 420. The van der Waals surface area contributed by atoms with Gasteiger partial charge in [-0.2, -0.15) is 0 Å². The van der Waals surface area contributed by atoms with Crippen LogP contribution in [0, 0.1) is 5.92 Å². The number of aromatic hydroxyl groups is 1. The third-order valence-electron chi connectivity index (χ3n) is 3.48. The summed E-state index contributed by atoms with van der Waals surface area (Å²) in [6.07, 6.45) is 1.15. The molecule has 0 saturated carbocycles. The maximum absolute atomic E-state index is 11.9. The van der Waals surface area contributed by atoms with Crippen molar-refractivity contribution in [2.75, 3.05) is 26.2 Å². The van der Waals surface area contributed by atoms with Gasteiger partial charge in [-0.15, -0.1) is 0 Å². The smallest absolute Gasteiger partial charge is 0.251 e. The highest BCUT2D eigenvalue weighted by Gasteiger charge is 2.21. The van der Waals surface area contributed by atoms with E-state index in [0.29, 0.717) is 18.0 Å². The van der Waals surface area contributed by atoms with Crippen LogP contribution in [0.3, 0.4) is 0 Å². The lowest BCUT2D eigenvalue weighted by Crippen LogP contribution is -2.30. The van der Waals surface area contributed by atoms with Crippen LogP contribution < -0.4 is 5.32 Å². The van der Waals surface area contributed by atoms with Gasteiger partial charge in [-0.05, 0) is 43.6 Å². The zero-order valence-electron chi connectivity index (χ0n) is 10.7. The third-order valence-corrected chi connectivity index (χ3v) is 3.48. The maximum atomic E-state index is 11.9. The number of benzene rings is 1. The van der Waals surface area contributed by atoms with Crippen LogP contribution in [-0.4, -0.2) is 42.1 Å². The van der Waals surface area contributed by atoms with E-state index in [-0.39, 0.29) is 11.7 Å². The first-order valence-electron chi connectivity index (χ1n) is 6.48. The molecule has 1 aromatic carbocycles. The molecular formula is C14H20N2O2. The Kier molecular flexibility index (Phi) is 4.20. The maximum Gasteiger partial charge on any atom is 0.251 e. The number of phenols is 1. The molecule has 0 radical (unpaired) electrons. The predicted molar refractivity (Wildman–Crippen MR) is 70.7 cm³/mol. The molecule has 0 aliphatic carbocycles. The van der Waals surface area contributed by atoms with Crippen LogP contribution in [0.1, 0.15) is 23.7 Å². The van der Waals surface area contributed by atoms with Crippen LogP contribution in [0.15, 0.2) is 24.3 Å².